The van der Waals surface area contributed by atoms with Crippen LogP contribution in [0.2, 0.25) is 0 Å². The van der Waals surface area contributed by atoms with Crippen LogP contribution in [0.15, 0.2) is 60.9 Å². The lowest BCUT2D eigenvalue weighted by Crippen LogP contribution is -2.51. The number of ether oxygens (including phenoxy) is 3. The van der Waals surface area contributed by atoms with Crippen LogP contribution in [0.5, 0.6) is 5.75 Å². The number of thiophene rings is 1. The Kier molecular flexibility index (Phi) is 13.3. The van der Waals surface area contributed by atoms with Crippen molar-refractivity contribution in [1.82, 2.24) is 44.9 Å². The lowest BCUT2D eigenvalue weighted by molar-refractivity contribution is -0.136. The number of halogens is 1. The van der Waals surface area contributed by atoms with Gasteiger partial charge in [0.1, 0.15) is 35.3 Å². The monoisotopic (exact) mass is 961 g/mol. The first-order chi connectivity index (χ1) is 33.1. The molecule has 5 atom stereocenters. The molecule has 7 heterocycles. The third-order valence-corrected chi connectivity index (χ3v) is 14.6. The molecule has 69 heavy (non-hydrogen) atoms. The van der Waals surface area contributed by atoms with Gasteiger partial charge in [-0.15, -0.1) is 11.3 Å². The Balaban J connectivity index is 1.04. The number of nitrogens with one attached hydrogen (secondary N) is 4. The van der Waals surface area contributed by atoms with Gasteiger partial charge < -0.3 is 44.6 Å². The summed E-state index contributed by atoms with van der Waals surface area (Å²) in [6.45, 7) is 13.0. The van der Waals surface area contributed by atoms with E-state index < -0.39 is 36.3 Å². The van der Waals surface area contributed by atoms with E-state index in [1.54, 1.807) is 33.5 Å². The second kappa shape index (κ2) is 19.4. The van der Waals surface area contributed by atoms with Crippen LogP contribution in [-0.2, 0) is 25.5 Å². The van der Waals surface area contributed by atoms with E-state index in [0.717, 1.165) is 52.7 Å². The van der Waals surface area contributed by atoms with Crippen molar-refractivity contribution in [3.63, 3.8) is 0 Å². The lowest BCUT2D eigenvalue weighted by Gasteiger charge is -2.30. The third kappa shape index (κ3) is 9.18. The summed E-state index contributed by atoms with van der Waals surface area (Å²) in [5.74, 6) is 0.905. The Labute approximate surface area is 404 Å². The quantitative estimate of drug-likeness (QED) is 0.0874. The molecule has 4 aromatic heterocycles. The van der Waals surface area contributed by atoms with E-state index in [4.69, 9.17) is 24.2 Å². The first kappa shape index (κ1) is 47.4. The Bertz CT molecular complexity index is 2900. The standard InChI is InChI=1S/C51H60FN9O7S/c1-26(2)19-32-14-16-41(69-32)49-61-36-15-13-29(34-24-53-45(55-34)37-11-9-17-59(37)47(62)43(27(3)4)57-50(64)66-7)20-31(36)22-39(61)42-33(52)21-30(23-40(42)68-49)35-25-54-46(56-35)38-12-10-18-60(38)48(63)44(28(5)6)58-51(65)67-8/h13-16,20-28,37-38,43-44,49H,9-12,17-19H2,1-8H3,(H,53,55)(H,54,56)(H,57,64)(H,58,65)/t37-,38-,43-,44-,49?/m0/s1. The maximum absolute atomic E-state index is 16.9. The van der Waals surface area contributed by atoms with Crippen molar-refractivity contribution in [2.24, 2.45) is 17.8 Å². The number of aromatic nitrogens is 5. The average Bonchev–Trinajstić information content (AvgIpc) is 4.19. The predicted octanol–water partition coefficient (Wildman–Crippen LogP) is 9.52. The number of nitrogens with zero attached hydrogens (tertiary/aromatic N) is 5. The number of methoxy groups -OCH3 is 2. The molecule has 9 rings (SSSR count). The van der Waals surface area contributed by atoms with Gasteiger partial charge in [-0.05, 0) is 92.3 Å². The number of alkyl carbamates (subject to hydrolysis) is 2. The molecule has 3 aliphatic rings. The van der Waals surface area contributed by atoms with Crippen LogP contribution in [0.1, 0.15) is 107 Å². The van der Waals surface area contributed by atoms with Crippen LogP contribution in [0.25, 0.3) is 44.7 Å². The zero-order valence-corrected chi connectivity index (χ0v) is 41.0. The average molecular weight is 962 g/mol. The molecule has 2 saturated heterocycles. The van der Waals surface area contributed by atoms with Gasteiger partial charge in [0.05, 0.1) is 71.7 Å². The number of amides is 4. The molecular formula is C51H60FN9O7S. The second-order valence-electron chi connectivity index (χ2n) is 19.3. The van der Waals surface area contributed by atoms with Crippen molar-refractivity contribution in [2.75, 3.05) is 27.3 Å². The van der Waals surface area contributed by atoms with E-state index in [2.05, 4.69) is 57.2 Å². The zero-order chi connectivity index (χ0) is 48.8. The van der Waals surface area contributed by atoms with Crippen LogP contribution < -0.4 is 15.4 Å². The summed E-state index contributed by atoms with van der Waals surface area (Å²) in [5, 5.41) is 6.28. The second-order valence-corrected chi connectivity index (χ2v) is 20.5. The Hall–Kier alpha value is -6.69. The molecule has 0 radical (unpaired) electrons. The molecule has 364 valence electrons. The van der Waals surface area contributed by atoms with Crippen molar-refractivity contribution in [2.45, 2.75) is 104 Å². The highest BCUT2D eigenvalue weighted by molar-refractivity contribution is 7.12. The van der Waals surface area contributed by atoms with Gasteiger partial charge in [0.2, 0.25) is 18.0 Å². The fraction of sp³-hybridized carbons (Fsp3) is 0.451. The van der Waals surface area contributed by atoms with Gasteiger partial charge in [0, 0.05) is 34.5 Å². The SMILES string of the molecule is COC(=O)N[C@H](C(=O)N1CCC[C@H]1c1ncc(-c2cc(F)c3c(c2)OC(c2ccc(CC(C)C)s2)n2c-3cc3cc(-c4cnc([C@@H]5CCCN5C(=O)[C@@H](NC(=O)OC)C(C)C)[nH]4)ccc32)[nH]1)C(C)C. The van der Waals surface area contributed by atoms with Gasteiger partial charge in [-0.25, -0.2) is 23.9 Å². The van der Waals surface area contributed by atoms with Crippen LogP contribution in [0.4, 0.5) is 14.0 Å². The van der Waals surface area contributed by atoms with E-state index >= 15 is 4.39 Å². The largest absolute Gasteiger partial charge is 0.464 e. The zero-order valence-electron chi connectivity index (χ0n) is 40.2. The normalized spacial score (nSPS) is 18.6. The molecule has 1 unspecified atom stereocenters. The summed E-state index contributed by atoms with van der Waals surface area (Å²) < 4.78 is 35.5. The summed E-state index contributed by atoms with van der Waals surface area (Å²) in [5.41, 5.74) is 4.64. The summed E-state index contributed by atoms with van der Waals surface area (Å²) in [4.78, 5) is 74.0. The summed E-state index contributed by atoms with van der Waals surface area (Å²) in [6.07, 6.45) is 5.40. The van der Waals surface area contributed by atoms with Gasteiger partial charge in [-0.3, -0.25) is 14.2 Å². The van der Waals surface area contributed by atoms with Gasteiger partial charge in [0.25, 0.3) is 0 Å². The molecule has 3 aliphatic heterocycles. The molecule has 0 saturated carbocycles. The Morgan fingerprint density at radius 3 is 1.91 bits per heavy atom. The number of hydrogen-bond donors (Lipinski definition) is 4. The molecule has 16 nitrogen and oxygen atoms in total. The number of fused-ring (bicyclic) bond motifs is 5. The maximum Gasteiger partial charge on any atom is 0.407 e. The molecule has 0 aliphatic carbocycles. The van der Waals surface area contributed by atoms with E-state index in [9.17, 15) is 19.2 Å². The Morgan fingerprint density at radius 1 is 0.783 bits per heavy atom. The minimum atomic E-state index is -0.771. The van der Waals surface area contributed by atoms with Crippen molar-refractivity contribution >= 4 is 46.2 Å². The maximum atomic E-state index is 16.9. The minimum absolute atomic E-state index is 0.152. The number of aromatic amines is 2. The number of benzene rings is 2. The Morgan fingerprint density at radius 2 is 1.36 bits per heavy atom. The topological polar surface area (TPSA) is 189 Å². The smallest absolute Gasteiger partial charge is 0.407 e. The van der Waals surface area contributed by atoms with E-state index in [1.807, 2.05) is 52.0 Å². The number of likely N-dealkylation sites (tertiary alicyclic amines) is 2. The van der Waals surface area contributed by atoms with E-state index in [-0.39, 0.29) is 35.7 Å². The first-order valence-electron chi connectivity index (χ1n) is 23.8. The summed E-state index contributed by atoms with van der Waals surface area (Å²) >= 11 is 1.69. The van der Waals surface area contributed by atoms with Crippen molar-refractivity contribution in [3.05, 3.63) is 88.1 Å². The van der Waals surface area contributed by atoms with Crippen LogP contribution in [-0.4, -0.2) is 97.7 Å². The third-order valence-electron chi connectivity index (χ3n) is 13.5. The molecule has 6 aromatic rings. The van der Waals surface area contributed by atoms with Crippen molar-refractivity contribution < 1.29 is 37.8 Å². The number of carbonyl (C=O) groups excluding carboxylic acids is 4. The van der Waals surface area contributed by atoms with Gasteiger partial charge in [0.15, 0.2) is 0 Å². The first-order valence-corrected chi connectivity index (χ1v) is 24.6. The molecule has 4 amide bonds. The molecule has 2 aromatic carbocycles. The highest BCUT2D eigenvalue weighted by Gasteiger charge is 2.40. The lowest BCUT2D eigenvalue weighted by atomic mass is 10.0. The van der Waals surface area contributed by atoms with E-state index in [1.165, 1.54) is 25.2 Å². The van der Waals surface area contributed by atoms with Crippen LogP contribution in [0, 0.1) is 23.6 Å². The summed E-state index contributed by atoms with van der Waals surface area (Å²) in [7, 11) is 2.55. The van der Waals surface area contributed by atoms with Crippen LogP contribution >= 0.6 is 11.3 Å². The number of rotatable bonds is 13. The fourth-order valence-electron chi connectivity index (χ4n) is 10.0. The summed E-state index contributed by atoms with van der Waals surface area (Å²) in [6, 6.07) is 13.5. The van der Waals surface area contributed by atoms with Gasteiger partial charge in [-0.1, -0.05) is 47.6 Å². The highest BCUT2D eigenvalue weighted by atomic mass is 32.1. The number of imidazole rings is 2. The number of carbonyl (C=O) groups is 4. The fourth-order valence-corrected chi connectivity index (χ4v) is 11.3. The molecule has 2 fully saturated rings. The van der Waals surface area contributed by atoms with Gasteiger partial charge in [-0.2, -0.15) is 0 Å². The number of H-pyrrole nitrogens is 2. The highest BCUT2D eigenvalue weighted by Crippen LogP contribution is 2.48. The predicted molar refractivity (Wildman–Crippen MR) is 260 cm³/mol. The number of hydrogen-bond acceptors (Lipinski definition) is 10. The molecule has 0 spiro atoms. The molecule has 4 N–H and O–H groups in total. The van der Waals surface area contributed by atoms with Crippen molar-refractivity contribution in [1.29, 1.82) is 0 Å². The molecule has 0 bridgehead atoms. The van der Waals surface area contributed by atoms with Crippen molar-refractivity contribution in [3.8, 4) is 39.5 Å². The van der Waals surface area contributed by atoms with Gasteiger partial charge >= 0.3 is 12.2 Å². The van der Waals surface area contributed by atoms with E-state index in [0.29, 0.717) is 65.3 Å². The van der Waals surface area contributed by atoms with Crippen LogP contribution in [0.3, 0.4) is 0 Å². The molecular weight excluding hydrogens is 902 g/mol. The minimum Gasteiger partial charge on any atom is -0.464 e. The molecule has 18 heteroatoms.